The first-order valence-corrected chi connectivity index (χ1v) is 8.38. The predicted molar refractivity (Wildman–Crippen MR) is 77.5 cm³/mol. The molecule has 0 saturated carbocycles. The van der Waals surface area contributed by atoms with E-state index >= 15 is 0 Å². The van der Waals surface area contributed by atoms with E-state index in [-0.39, 0.29) is 10.0 Å². The molecule has 8 heteroatoms. The Kier molecular flexibility index (Phi) is 4.81. The van der Waals surface area contributed by atoms with Crippen LogP contribution in [0.3, 0.4) is 0 Å². The minimum atomic E-state index is -3.54. The summed E-state index contributed by atoms with van der Waals surface area (Å²) < 4.78 is 27.0. The van der Waals surface area contributed by atoms with Gasteiger partial charge in [-0.3, -0.25) is 0 Å². The van der Waals surface area contributed by atoms with Crippen molar-refractivity contribution in [2.75, 3.05) is 6.54 Å². The quantitative estimate of drug-likeness (QED) is 0.854. The van der Waals surface area contributed by atoms with Crippen molar-refractivity contribution in [1.29, 1.82) is 0 Å². The van der Waals surface area contributed by atoms with Gasteiger partial charge in [0, 0.05) is 17.6 Å². The molecule has 0 unspecified atom stereocenters. The van der Waals surface area contributed by atoms with Crippen molar-refractivity contribution in [3.05, 3.63) is 44.8 Å². The maximum atomic E-state index is 11.9. The average molecular weight is 337 g/mol. The maximum absolute atomic E-state index is 11.9. The molecule has 0 fully saturated rings. The molecule has 0 radical (unpaired) electrons. The SMILES string of the molecule is O=S(=O)(NCCc1ccc(Cl)s1)c1ccc(Cl)nc1. The van der Waals surface area contributed by atoms with Crippen LogP contribution in [-0.4, -0.2) is 19.9 Å². The number of nitrogens with zero attached hydrogens (tertiary/aromatic N) is 1. The van der Waals surface area contributed by atoms with Gasteiger partial charge in [0.05, 0.1) is 4.34 Å². The lowest BCUT2D eigenvalue weighted by Crippen LogP contribution is -2.25. The van der Waals surface area contributed by atoms with Crippen molar-refractivity contribution in [2.45, 2.75) is 11.3 Å². The fourth-order valence-electron chi connectivity index (χ4n) is 1.40. The molecule has 0 aliphatic rings. The molecule has 0 amide bonds. The molecule has 0 bridgehead atoms. The van der Waals surface area contributed by atoms with Gasteiger partial charge in [0.1, 0.15) is 10.0 Å². The summed E-state index contributed by atoms with van der Waals surface area (Å²) in [5, 5.41) is 0.257. The Morgan fingerprint density at radius 1 is 1.21 bits per heavy atom. The Balaban J connectivity index is 1.96. The molecule has 2 rings (SSSR count). The van der Waals surface area contributed by atoms with Gasteiger partial charge >= 0.3 is 0 Å². The van der Waals surface area contributed by atoms with Crippen LogP contribution < -0.4 is 4.72 Å². The highest BCUT2D eigenvalue weighted by Gasteiger charge is 2.13. The molecule has 0 aliphatic heterocycles. The van der Waals surface area contributed by atoms with Crippen LogP contribution in [0.5, 0.6) is 0 Å². The van der Waals surface area contributed by atoms with E-state index in [0.29, 0.717) is 17.3 Å². The lowest BCUT2D eigenvalue weighted by Gasteiger charge is -2.05. The first-order valence-electron chi connectivity index (χ1n) is 5.33. The highest BCUT2D eigenvalue weighted by Crippen LogP contribution is 2.21. The molecule has 2 heterocycles. The smallest absolute Gasteiger partial charge is 0.242 e. The summed E-state index contributed by atoms with van der Waals surface area (Å²) >= 11 is 12.8. The summed E-state index contributed by atoms with van der Waals surface area (Å²) in [6.45, 7) is 0.307. The first-order chi connectivity index (χ1) is 8.97. The zero-order valence-electron chi connectivity index (χ0n) is 9.64. The number of hydrogen-bond donors (Lipinski definition) is 1. The van der Waals surface area contributed by atoms with E-state index in [9.17, 15) is 8.42 Å². The summed E-state index contributed by atoms with van der Waals surface area (Å²) in [7, 11) is -3.54. The molecule has 0 spiro atoms. The van der Waals surface area contributed by atoms with Gasteiger partial charge in [-0.2, -0.15) is 0 Å². The van der Waals surface area contributed by atoms with Crippen LogP contribution in [0.25, 0.3) is 0 Å². The number of halogens is 2. The Labute approximate surface area is 125 Å². The lowest BCUT2D eigenvalue weighted by molar-refractivity contribution is 0.581. The van der Waals surface area contributed by atoms with Gasteiger partial charge in [-0.15, -0.1) is 11.3 Å². The van der Waals surface area contributed by atoms with Crippen LogP contribution in [0.15, 0.2) is 35.4 Å². The Hall–Kier alpha value is -0.660. The van der Waals surface area contributed by atoms with Crippen molar-refractivity contribution < 1.29 is 8.42 Å². The molecule has 1 N–H and O–H groups in total. The molecule has 2 aromatic rings. The molecular weight excluding hydrogens is 327 g/mol. The fourth-order valence-corrected chi connectivity index (χ4v) is 3.57. The molecule has 0 atom stereocenters. The maximum Gasteiger partial charge on any atom is 0.242 e. The van der Waals surface area contributed by atoms with Gasteiger partial charge in [-0.05, 0) is 30.7 Å². The molecule has 0 aliphatic carbocycles. The van der Waals surface area contributed by atoms with Gasteiger partial charge in [-0.1, -0.05) is 23.2 Å². The Bertz CT molecular complexity index is 654. The molecule has 102 valence electrons. The predicted octanol–water partition coefficient (Wildman–Crippen LogP) is 2.97. The lowest BCUT2D eigenvalue weighted by atomic mass is 10.3. The number of pyridine rings is 1. The molecule has 0 aromatic carbocycles. The summed E-state index contributed by atoms with van der Waals surface area (Å²) in [5.74, 6) is 0. The molecule has 0 saturated heterocycles. The zero-order chi connectivity index (χ0) is 13.9. The largest absolute Gasteiger partial charge is 0.243 e. The number of hydrogen-bond acceptors (Lipinski definition) is 4. The van der Waals surface area contributed by atoms with E-state index in [2.05, 4.69) is 9.71 Å². The summed E-state index contributed by atoms with van der Waals surface area (Å²) in [4.78, 5) is 4.87. The van der Waals surface area contributed by atoms with Gasteiger partial charge < -0.3 is 0 Å². The van der Waals surface area contributed by atoms with E-state index in [1.807, 2.05) is 6.07 Å². The fraction of sp³-hybridized carbons (Fsp3) is 0.182. The molecule has 4 nitrogen and oxygen atoms in total. The van der Waals surface area contributed by atoms with E-state index in [4.69, 9.17) is 23.2 Å². The molecular formula is C11H10Cl2N2O2S2. The second-order valence-electron chi connectivity index (χ2n) is 3.67. The van der Waals surface area contributed by atoms with E-state index < -0.39 is 10.0 Å². The zero-order valence-corrected chi connectivity index (χ0v) is 12.8. The van der Waals surface area contributed by atoms with Crippen LogP contribution in [0.2, 0.25) is 9.49 Å². The van der Waals surface area contributed by atoms with Crippen molar-refractivity contribution >= 4 is 44.6 Å². The van der Waals surface area contributed by atoms with Crippen molar-refractivity contribution in [3.63, 3.8) is 0 Å². The number of sulfonamides is 1. The van der Waals surface area contributed by atoms with Crippen molar-refractivity contribution in [3.8, 4) is 0 Å². The minimum absolute atomic E-state index is 0.0983. The standard InChI is InChI=1S/C11H10Cl2N2O2S2/c12-10-3-2-9(7-14-10)19(16,17)15-6-5-8-1-4-11(13)18-8/h1-4,7,15H,5-6H2. The number of nitrogens with one attached hydrogen (secondary N) is 1. The van der Waals surface area contributed by atoms with E-state index in [1.54, 1.807) is 6.07 Å². The molecule has 19 heavy (non-hydrogen) atoms. The van der Waals surface area contributed by atoms with Crippen molar-refractivity contribution in [2.24, 2.45) is 0 Å². The molecule has 2 aromatic heterocycles. The highest BCUT2D eigenvalue weighted by molar-refractivity contribution is 7.89. The summed E-state index contributed by atoms with van der Waals surface area (Å²) in [6, 6.07) is 6.53. The van der Waals surface area contributed by atoms with Gasteiger partial charge in [-0.25, -0.2) is 18.1 Å². The van der Waals surface area contributed by atoms with Gasteiger partial charge in [0.15, 0.2) is 0 Å². The second kappa shape index (κ2) is 6.19. The van der Waals surface area contributed by atoms with Crippen molar-refractivity contribution in [1.82, 2.24) is 9.71 Å². The number of aromatic nitrogens is 1. The third-order valence-corrected chi connectivity index (χ3v) is 5.26. The van der Waals surface area contributed by atoms with Crippen LogP contribution in [0.4, 0.5) is 0 Å². The van der Waals surface area contributed by atoms with Crippen LogP contribution >= 0.6 is 34.5 Å². The van der Waals surface area contributed by atoms with Crippen LogP contribution in [0, 0.1) is 0 Å². The van der Waals surface area contributed by atoms with Crippen LogP contribution in [0.1, 0.15) is 4.88 Å². The van der Waals surface area contributed by atoms with Gasteiger partial charge in [0.25, 0.3) is 0 Å². The third kappa shape index (κ3) is 4.15. The third-order valence-electron chi connectivity index (χ3n) is 2.30. The topological polar surface area (TPSA) is 59.1 Å². The average Bonchev–Trinajstić information content (AvgIpc) is 2.75. The summed E-state index contributed by atoms with van der Waals surface area (Å²) in [5.41, 5.74) is 0. The highest BCUT2D eigenvalue weighted by atomic mass is 35.5. The first kappa shape index (κ1) is 14.7. The monoisotopic (exact) mass is 336 g/mol. The number of thiophene rings is 1. The normalized spacial score (nSPS) is 11.7. The van der Waals surface area contributed by atoms with Crippen LogP contribution in [-0.2, 0) is 16.4 Å². The Morgan fingerprint density at radius 3 is 2.58 bits per heavy atom. The summed E-state index contributed by atoms with van der Waals surface area (Å²) in [6.07, 6.45) is 1.82. The number of rotatable bonds is 5. The Morgan fingerprint density at radius 2 is 2.00 bits per heavy atom. The van der Waals surface area contributed by atoms with E-state index in [0.717, 1.165) is 4.88 Å². The minimum Gasteiger partial charge on any atom is -0.243 e. The van der Waals surface area contributed by atoms with Gasteiger partial charge in [0.2, 0.25) is 10.0 Å². The van der Waals surface area contributed by atoms with E-state index in [1.165, 1.54) is 29.7 Å². The second-order valence-corrected chi connectivity index (χ2v) is 7.62.